The van der Waals surface area contributed by atoms with Crippen molar-refractivity contribution in [2.45, 2.75) is 91.6 Å². The van der Waals surface area contributed by atoms with E-state index in [1.54, 1.807) is 0 Å². The van der Waals surface area contributed by atoms with Gasteiger partial charge in [-0.15, -0.1) is 0 Å². The summed E-state index contributed by atoms with van der Waals surface area (Å²) in [6.45, 7) is 8.94. The van der Waals surface area contributed by atoms with E-state index in [0.717, 1.165) is 31.1 Å². The third-order valence-electron chi connectivity index (χ3n) is 9.28. The summed E-state index contributed by atoms with van der Waals surface area (Å²) >= 11 is 0. The van der Waals surface area contributed by atoms with E-state index in [4.69, 9.17) is 4.74 Å². The first-order valence-electron chi connectivity index (χ1n) is 11.0. The number of hydrogen-bond acceptors (Lipinski definition) is 3. The quantitative estimate of drug-likeness (QED) is 0.638. The Morgan fingerprint density at radius 2 is 1.81 bits per heavy atom. The van der Waals surface area contributed by atoms with E-state index in [2.05, 4.69) is 20.8 Å². The number of Topliss-reactive ketones (excluding diaryl/α,β-unsaturated/α-hetero) is 1. The molecule has 3 nitrogen and oxygen atoms in total. The molecule has 26 heavy (non-hydrogen) atoms. The molecule has 8 atom stereocenters. The molecule has 0 heterocycles. The average Bonchev–Trinajstić information content (AvgIpc) is 2.93. The Balaban J connectivity index is 1.57. The molecule has 4 aliphatic rings. The normalized spacial score (nSPS) is 50.5. The molecule has 0 saturated heterocycles. The average molecular weight is 361 g/mol. The van der Waals surface area contributed by atoms with E-state index < -0.39 is 0 Å². The van der Waals surface area contributed by atoms with Crippen molar-refractivity contribution < 1.29 is 14.3 Å². The minimum absolute atomic E-state index is 0.0331. The van der Waals surface area contributed by atoms with Gasteiger partial charge in [-0.3, -0.25) is 9.59 Å². The topological polar surface area (TPSA) is 43.4 Å². The highest BCUT2D eigenvalue weighted by Gasteiger charge is 2.61. The standard InChI is InChI=1S/C23H36O3/c1-5-21(25)26-20-9-8-17-16-7-6-15-12-19(24)14(2)13-23(15,4)18(16)10-11-22(17,20)3/h14-18,20H,5-13H2,1-4H3/t14-,15+,16+,17-,18+,20+,22-,23+/m1/s1. The molecule has 3 heteroatoms. The number of esters is 1. The highest BCUT2D eigenvalue weighted by atomic mass is 16.5. The van der Waals surface area contributed by atoms with Crippen LogP contribution >= 0.6 is 0 Å². The first kappa shape index (κ1) is 18.5. The fraction of sp³-hybridized carbons (Fsp3) is 0.913. The molecule has 146 valence electrons. The summed E-state index contributed by atoms with van der Waals surface area (Å²) in [5.74, 6) is 3.53. The van der Waals surface area contributed by atoms with Crippen LogP contribution in [0.1, 0.15) is 85.5 Å². The van der Waals surface area contributed by atoms with Crippen molar-refractivity contribution in [1.29, 1.82) is 0 Å². The maximum absolute atomic E-state index is 12.3. The van der Waals surface area contributed by atoms with Crippen molar-refractivity contribution in [2.24, 2.45) is 40.4 Å². The van der Waals surface area contributed by atoms with Gasteiger partial charge in [0, 0.05) is 24.2 Å². The van der Waals surface area contributed by atoms with Gasteiger partial charge in [0.15, 0.2) is 0 Å². The second-order valence-corrected chi connectivity index (χ2v) is 10.4. The summed E-state index contributed by atoms with van der Waals surface area (Å²) in [6, 6.07) is 0. The number of ether oxygens (including phenoxy) is 1. The molecule has 0 aliphatic heterocycles. The Morgan fingerprint density at radius 1 is 1.08 bits per heavy atom. The van der Waals surface area contributed by atoms with Crippen LogP contribution in [0.4, 0.5) is 0 Å². The van der Waals surface area contributed by atoms with Gasteiger partial charge < -0.3 is 4.74 Å². The molecule has 0 N–H and O–H groups in total. The minimum atomic E-state index is -0.0331. The number of fused-ring (bicyclic) bond motifs is 5. The molecule has 0 unspecified atom stereocenters. The zero-order chi connectivity index (χ0) is 18.7. The van der Waals surface area contributed by atoms with Gasteiger partial charge in [0.05, 0.1) is 0 Å². The van der Waals surface area contributed by atoms with Crippen LogP contribution in [0.2, 0.25) is 0 Å². The summed E-state index contributed by atoms with van der Waals surface area (Å²) < 4.78 is 5.89. The summed E-state index contributed by atoms with van der Waals surface area (Å²) in [6.07, 6.45) is 9.72. The molecule has 0 aromatic heterocycles. The monoisotopic (exact) mass is 360 g/mol. The van der Waals surface area contributed by atoms with E-state index in [0.29, 0.717) is 29.5 Å². The fourth-order valence-electron chi connectivity index (χ4n) is 7.79. The molecule has 0 spiro atoms. The van der Waals surface area contributed by atoms with Gasteiger partial charge in [-0.1, -0.05) is 27.7 Å². The third-order valence-corrected chi connectivity index (χ3v) is 9.28. The zero-order valence-electron chi connectivity index (χ0n) is 17.1. The molecule has 4 aliphatic carbocycles. The Morgan fingerprint density at radius 3 is 2.54 bits per heavy atom. The molecule has 0 bridgehead atoms. The molecule has 0 aromatic carbocycles. The molecular formula is C23H36O3. The van der Waals surface area contributed by atoms with E-state index in [9.17, 15) is 9.59 Å². The second kappa shape index (κ2) is 6.34. The van der Waals surface area contributed by atoms with Gasteiger partial charge in [-0.25, -0.2) is 0 Å². The van der Waals surface area contributed by atoms with Crippen molar-refractivity contribution in [3.8, 4) is 0 Å². The summed E-state index contributed by atoms with van der Waals surface area (Å²) in [5, 5.41) is 0. The lowest BCUT2D eigenvalue weighted by molar-refractivity contribution is -0.165. The lowest BCUT2D eigenvalue weighted by Gasteiger charge is -2.60. The predicted molar refractivity (Wildman–Crippen MR) is 101 cm³/mol. The Kier molecular flexibility index (Phi) is 4.51. The number of carbonyl (C=O) groups is 2. The van der Waals surface area contributed by atoms with Crippen LogP contribution in [-0.2, 0) is 14.3 Å². The number of carbonyl (C=O) groups excluding carboxylic acids is 2. The lowest BCUT2D eigenvalue weighted by atomic mass is 9.44. The van der Waals surface area contributed by atoms with Crippen LogP contribution in [0.25, 0.3) is 0 Å². The lowest BCUT2D eigenvalue weighted by Crippen LogP contribution is -2.55. The number of ketones is 1. The Bertz CT molecular complexity index is 598. The molecule has 0 radical (unpaired) electrons. The maximum Gasteiger partial charge on any atom is 0.305 e. The van der Waals surface area contributed by atoms with E-state index in [1.165, 1.54) is 32.1 Å². The Hall–Kier alpha value is -0.860. The summed E-state index contributed by atoms with van der Waals surface area (Å²) in [4.78, 5) is 24.2. The summed E-state index contributed by atoms with van der Waals surface area (Å²) in [5.41, 5.74) is 0.515. The smallest absolute Gasteiger partial charge is 0.305 e. The van der Waals surface area contributed by atoms with Crippen LogP contribution in [0.15, 0.2) is 0 Å². The molecule has 0 aromatic rings. The molecule has 4 rings (SSSR count). The van der Waals surface area contributed by atoms with Crippen LogP contribution in [-0.4, -0.2) is 17.9 Å². The fourth-order valence-corrected chi connectivity index (χ4v) is 7.79. The van der Waals surface area contributed by atoms with Gasteiger partial charge in [0.25, 0.3) is 0 Å². The van der Waals surface area contributed by atoms with E-state index >= 15 is 0 Å². The molecule has 0 amide bonds. The van der Waals surface area contributed by atoms with Crippen molar-refractivity contribution in [3.05, 3.63) is 0 Å². The van der Waals surface area contributed by atoms with Crippen molar-refractivity contribution in [1.82, 2.24) is 0 Å². The van der Waals surface area contributed by atoms with Gasteiger partial charge in [0.1, 0.15) is 11.9 Å². The van der Waals surface area contributed by atoms with Gasteiger partial charge >= 0.3 is 5.97 Å². The van der Waals surface area contributed by atoms with Crippen molar-refractivity contribution >= 4 is 11.8 Å². The second-order valence-electron chi connectivity index (χ2n) is 10.4. The van der Waals surface area contributed by atoms with E-state index in [1.807, 2.05) is 6.92 Å². The van der Waals surface area contributed by atoms with Crippen LogP contribution in [0.3, 0.4) is 0 Å². The van der Waals surface area contributed by atoms with Gasteiger partial charge in [0.2, 0.25) is 0 Å². The van der Waals surface area contributed by atoms with Crippen LogP contribution < -0.4 is 0 Å². The zero-order valence-corrected chi connectivity index (χ0v) is 17.1. The van der Waals surface area contributed by atoms with E-state index in [-0.39, 0.29) is 23.4 Å². The SMILES string of the molecule is CCC(=O)O[C@H]1CC[C@@H]2[C@@H]3CC[C@H]4CC(=O)[C@H](C)C[C@]4(C)[C@H]3CC[C@@]12C. The first-order chi connectivity index (χ1) is 12.3. The van der Waals surface area contributed by atoms with Gasteiger partial charge in [-0.05, 0) is 74.0 Å². The summed E-state index contributed by atoms with van der Waals surface area (Å²) in [7, 11) is 0. The largest absolute Gasteiger partial charge is 0.462 e. The van der Waals surface area contributed by atoms with Crippen LogP contribution in [0.5, 0.6) is 0 Å². The first-order valence-corrected chi connectivity index (χ1v) is 11.0. The molecular weight excluding hydrogens is 324 g/mol. The van der Waals surface area contributed by atoms with Crippen molar-refractivity contribution in [2.75, 3.05) is 0 Å². The minimum Gasteiger partial charge on any atom is -0.462 e. The highest BCUT2D eigenvalue weighted by Crippen LogP contribution is 2.66. The number of rotatable bonds is 2. The van der Waals surface area contributed by atoms with Crippen LogP contribution in [0, 0.1) is 40.4 Å². The maximum atomic E-state index is 12.3. The predicted octanol–water partition coefficient (Wildman–Crippen LogP) is 5.17. The van der Waals surface area contributed by atoms with Crippen molar-refractivity contribution in [3.63, 3.8) is 0 Å². The Labute approximate surface area is 158 Å². The third kappa shape index (κ3) is 2.59. The molecule has 4 fully saturated rings. The molecule has 4 saturated carbocycles. The van der Waals surface area contributed by atoms with Gasteiger partial charge in [-0.2, -0.15) is 0 Å². The number of hydrogen-bond donors (Lipinski definition) is 0. The highest BCUT2D eigenvalue weighted by molar-refractivity contribution is 5.82.